The number of urea groups is 1. The Morgan fingerprint density at radius 3 is 2.46 bits per heavy atom. The monoisotopic (exact) mass is 477 g/mol. The number of carbonyl (C=O) groups excluding carboxylic acids is 1. The molecule has 0 spiro atoms. The molecule has 2 atom stereocenters. The topological polar surface area (TPSA) is 81.7 Å². The van der Waals surface area contributed by atoms with Crippen molar-refractivity contribution in [2.75, 3.05) is 19.5 Å². The summed E-state index contributed by atoms with van der Waals surface area (Å²) in [6, 6.07) is 11.1. The molecule has 1 aliphatic carbocycles. The average Bonchev–Trinajstić information content (AvgIpc) is 2.78. The predicted molar refractivity (Wildman–Crippen MR) is 139 cm³/mol. The highest BCUT2D eigenvalue weighted by Crippen LogP contribution is 2.39. The molecular weight excluding hydrogens is 442 g/mol. The van der Waals surface area contributed by atoms with Gasteiger partial charge in [0.2, 0.25) is 0 Å². The van der Waals surface area contributed by atoms with Gasteiger partial charge in [-0.3, -0.25) is 4.98 Å². The SMILES string of the molecule is COc1cc2nccc(Oc3ccc(NC(=O)NC4CC(C)CC(C)(C)C4)c(C)c3)c2cc1OC. The van der Waals surface area contributed by atoms with Crippen LogP contribution in [-0.2, 0) is 0 Å². The molecule has 0 bridgehead atoms. The molecule has 4 rings (SSSR count). The number of fused-ring (bicyclic) bond motifs is 1. The summed E-state index contributed by atoms with van der Waals surface area (Å²) in [6.07, 6.45) is 4.90. The molecule has 2 N–H and O–H groups in total. The number of aromatic nitrogens is 1. The van der Waals surface area contributed by atoms with Crippen LogP contribution < -0.4 is 24.8 Å². The minimum absolute atomic E-state index is 0.169. The number of benzene rings is 2. The van der Waals surface area contributed by atoms with E-state index in [-0.39, 0.29) is 17.5 Å². The summed E-state index contributed by atoms with van der Waals surface area (Å²) in [7, 11) is 3.20. The minimum atomic E-state index is -0.169. The van der Waals surface area contributed by atoms with Crippen molar-refractivity contribution in [3.8, 4) is 23.0 Å². The third-order valence-corrected chi connectivity index (χ3v) is 6.60. The van der Waals surface area contributed by atoms with E-state index in [0.29, 0.717) is 28.9 Å². The van der Waals surface area contributed by atoms with E-state index in [9.17, 15) is 4.79 Å². The number of pyridine rings is 1. The first-order chi connectivity index (χ1) is 16.7. The molecule has 1 saturated carbocycles. The number of carbonyl (C=O) groups is 1. The van der Waals surface area contributed by atoms with Crippen molar-refractivity contribution in [2.24, 2.45) is 11.3 Å². The number of methoxy groups -OCH3 is 2. The Labute approximate surface area is 207 Å². The number of anilines is 1. The van der Waals surface area contributed by atoms with Gasteiger partial charge < -0.3 is 24.8 Å². The summed E-state index contributed by atoms with van der Waals surface area (Å²) in [4.78, 5) is 17.1. The quantitative estimate of drug-likeness (QED) is 0.413. The summed E-state index contributed by atoms with van der Waals surface area (Å²) in [5.74, 6) is 3.14. The largest absolute Gasteiger partial charge is 0.493 e. The Morgan fingerprint density at radius 2 is 1.77 bits per heavy atom. The molecule has 7 heteroatoms. The third-order valence-electron chi connectivity index (χ3n) is 6.60. The zero-order valence-electron chi connectivity index (χ0n) is 21.4. The van der Waals surface area contributed by atoms with Gasteiger partial charge in [0, 0.05) is 29.4 Å². The van der Waals surface area contributed by atoms with E-state index >= 15 is 0 Å². The van der Waals surface area contributed by atoms with Gasteiger partial charge >= 0.3 is 6.03 Å². The molecule has 1 fully saturated rings. The molecule has 7 nitrogen and oxygen atoms in total. The Morgan fingerprint density at radius 1 is 1.03 bits per heavy atom. The van der Waals surface area contributed by atoms with Crippen LogP contribution in [0.4, 0.5) is 10.5 Å². The van der Waals surface area contributed by atoms with Crippen molar-refractivity contribution >= 4 is 22.6 Å². The number of hydrogen-bond donors (Lipinski definition) is 2. The number of aryl methyl sites for hydroxylation is 1. The molecule has 1 aliphatic rings. The van der Waals surface area contributed by atoms with Crippen LogP contribution in [0.25, 0.3) is 10.9 Å². The Kier molecular flexibility index (Phi) is 7.05. The van der Waals surface area contributed by atoms with Gasteiger partial charge in [-0.25, -0.2) is 4.79 Å². The van der Waals surface area contributed by atoms with Crippen LogP contribution in [0.1, 0.15) is 45.6 Å². The average molecular weight is 478 g/mol. The second-order valence-corrected chi connectivity index (χ2v) is 10.3. The molecule has 0 saturated heterocycles. The maximum absolute atomic E-state index is 12.7. The molecule has 2 amide bonds. The summed E-state index contributed by atoms with van der Waals surface area (Å²) in [6.45, 7) is 8.76. The van der Waals surface area contributed by atoms with E-state index in [2.05, 4.69) is 36.4 Å². The maximum atomic E-state index is 12.7. The number of nitrogens with one attached hydrogen (secondary N) is 2. The summed E-state index contributed by atoms with van der Waals surface area (Å²) in [5.41, 5.74) is 2.65. The smallest absolute Gasteiger partial charge is 0.319 e. The first-order valence-electron chi connectivity index (χ1n) is 12.0. The fourth-order valence-electron chi connectivity index (χ4n) is 5.30. The van der Waals surface area contributed by atoms with Crippen LogP contribution in [0, 0.1) is 18.3 Å². The van der Waals surface area contributed by atoms with Crippen LogP contribution in [0.15, 0.2) is 42.6 Å². The second kappa shape index (κ2) is 10.0. The number of hydrogen-bond acceptors (Lipinski definition) is 5. The van der Waals surface area contributed by atoms with Crippen molar-refractivity contribution in [3.05, 3.63) is 48.2 Å². The molecule has 3 aromatic rings. The molecule has 35 heavy (non-hydrogen) atoms. The van der Waals surface area contributed by atoms with Crippen molar-refractivity contribution in [1.29, 1.82) is 0 Å². The maximum Gasteiger partial charge on any atom is 0.319 e. The van der Waals surface area contributed by atoms with Crippen LogP contribution in [0.5, 0.6) is 23.0 Å². The van der Waals surface area contributed by atoms with E-state index < -0.39 is 0 Å². The van der Waals surface area contributed by atoms with E-state index in [1.54, 1.807) is 20.4 Å². The van der Waals surface area contributed by atoms with Crippen molar-refractivity contribution in [1.82, 2.24) is 10.3 Å². The fourth-order valence-corrected chi connectivity index (χ4v) is 5.30. The van der Waals surface area contributed by atoms with Gasteiger partial charge in [0.05, 0.1) is 19.7 Å². The molecule has 2 aromatic carbocycles. The lowest BCUT2D eigenvalue weighted by Crippen LogP contribution is -2.44. The van der Waals surface area contributed by atoms with Gasteiger partial charge in [-0.05, 0) is 73.4 Å². The first-order valence-corrected chi connectivity index (χ1v) is 12.0. The summed E-state index contributed by atoms with van der Waals surface area (Å²) in [5, 5.41) is 6.98. The Balaban J connectivity index is 1.47. The number of rotatable bonds is 6. The van der Waals surface area contributed by atoms with Crippen molar-refractivity contribution in [2.45, 2.75) is 53.0 Å². The van der Waals surface area contributed by atoms with E-state index in [4.69, 9.17) is 14.2 Å². The standard InChI is InChI=1S/C28H35N3O4/c1-17-11-19(16-28(3,4)15-17)30-27(32)31-22-8-7-20(12-18(22)2)35-24-9-10-29-23-14-26(34-6)25(33-5)13-21(23)24/h7-10,12-14,17,19H,11,15-16H2,1-6H3,(H2,30,31,32). The number of nitrogens with zero attached hydrogens (tertiary/aromatic N) is 1. The molecule has 0 aliphatic heterocycles. The fraction of sp³-hybridized carbons (Fsp3) is 0.429. The van der Waals surface area contributed by atoms with Gasteiger partial charge in [0.1, 0.15) is 11.5 Å². The number of amides is 2. The van der Waals surface area contributed by atoms with Crippen molar-refractivity contribution < 1.29 is 19.0 Å². The highest BCUT2D eigenvalue weighted by Gasteiger charge is 2.32. The van der Waals surface area contributed by atoms with Gasteiger partial charge in [-0.1, -0.05) is 20.8 Å². The van der Waals surface area contributed by atoms with Gasteiger partial charge in [0.15, 0.2) is 11.5 Å². The summed E-state index contributed by atoms with van der Waals surface area (Å²) >= 11 is 0. The number of ether oxygens (including phenoxy) is 3. The molecule has 1 aromatic heterocycles. The third kappa shape index (κ3) is 5.78. The first kappa shape index (κ1) is 24.6. The predicted octanol–water partition coefficient (Wildman–Crippen LogP) is 6.69. The molecular formula is C28H35N3O4. The van der Waals surface area contributed by atoms with Crippen LogP contribution in [0.2, 0.25) is 0 Å². The molecule has 0 radical (unpaired) electrons. The molecule has 1 heterocycles. The minimum Gasteiger partial charge on any atom is -0.493 e. The van der Waals surface area contributed by atoms with Gasteiger partial charge in [0.25, 0.3) is 0 Å². The normalized spacial score (nSPS) is 19.1. The molecule has 2 unspecified atom stereocenters. The highest BCUT2D eigenvalue weighted by atomic mass is 16.5. The zero-order valence-corrected chi connectivity index (χ0v) is 21.4. The highest BCUT2D eigenvalue weighted by molar-refractivity contribution is 5.90. The van der Waals surface area contributed by atoms with Gasteiger partial charge in [-0.2, -0.15) is 0 Å². The van der Waals surface area contributed by atoms with Crippen LogP contribution in [0.3, 0.4) is 0 Å². The Bertz CT molecular complexity index is 1220. The van der Waals surface area contributed by atoms with E-state index in [0.717, 1.165) is 35.0 Å². The second-order valence-electron chi connectivity index (χ2n) is 10.3. The van der Waals surface area contributed by atoms with Gasteiger partial charge in [-0.15, -0.1) is 0 Å². The zero-order chi connectivity index (χ0) is 25.2. The van der Waals surface area contributed by atoms with Crippen molar-refractivity contribution in [3.63, 3.8) is 0 Å². The van der Waals surface area contributed by atoms with Crippen LogP contribution >= 0.6 is 0 Å². The lowest BCUT2D eigenvalue weighted by atomic mass is 9.71. The van der Waals surface area contributed by atoms with E-state index in [1.807, 2.05) is 43.3 Å². The van der Waals surface area contributed by atoms with E-state index in [1.165, 1.54) is 6.42 Å². The lowest BCUT2D eigenvalue weighted by Gasteiger charge is -2.39. The van der Waals surface area contributed by atoms with Crippen LogP contribution in [-0.4, -0.2) is 31.3 Å². The lowest BCUT2D eigenvalue weighted by molar-refractivity contribution is 0.154. The Hall–Kier alpha value is -3.48. The molecule has 186 valence electrons. The summed E-state index contributed by atoms with van der Waals surface area (Å²) < 4.78 is 17.0.